The van der Waals surface area contributed by atoms with Crippen molar-refractivity contribution in [1.29, 1.82) is 0 Å². The molecule has 1 atom stereocenters. The van der Waals surface area contributed by atoms with Crippen molar-refractivity contribution in [1.82, 2.24) is 4.98 Å². The summed E-state index contributed by atoms with van der Waals surface area (Å²) >= 11 is 0. The average molecular weight is 310 g/mol. The number of anilines is 2. The summed E-state index contributed by atoms with van der Waals surface area (Å²) in [5.74, 6) is 0.360. The molecule has 118 valence electrons. The first-order chi connectivity index (χ1) is 10.4. The summed E-state index contributed by atoms with van der Waals surface area (Å²) in [5.41, 5.74) is 1.02. The zero-order valence-electron chi connectivity index (χ0n) is 12.3. The van der Waals surface area contributed by atoms with Gasteiger partial charge in [0.25, 0.3) is 0 Å². The van der Waals surface area contributed by atoms with Gasteiger partial charge in [-0.25, -0.2) is 4.98 Å². The molecule has 0 aliphatic rings. The van der Waals surface area contributed by atoms with Crippen LogP contribution in [0, 0.1) is 0 Å². The highest BCUT2D eigenvalue weighted by Crippen LogP contribution is 2.29. The van der Waals surface area contributed by atoms with Crippen LogP contribution in [0.15, 0.2) is 42.6 Å². The van der Waals surface area contributed by atoms with Gasteiger partial charge in [0.2, 0.25) is 0 Å². The van der Waals surface area contributed by atoms with Gasteiger partial charge < -0.3 is 10.1 Å². The van der Waals surface area contributed by atoms with E-state index in [4.69, 9.17) is 4.74 Å². The second kappa shape index (κ2) is 6.79. The third-order valence-corrected chi connectivity index (χ3v) is 3.16. The summed E-state index contributed by atoms with van der Waals surface area (Å²) in [7, 11) is 0. The first-order valence-corrected chi connectivity index (χ1v) is 6.92. The van der Waals surface area contributed by atoms with Crippen molar-refractivity contribution in [3.8, 4) is 0 Å². The number of rotatable bonds is 5. The van der Waals surface area contributed by atoms with Crippen LogP contribution in [-0.2, 0) is 10.9 Å². The molecule has 1 N–H and O–H groups in total. The Balaban J connectivity index is 2.05. The van der Waals surface area contributed by atoms with Gasteiger partial charge in [-0.3, -0.25) is 0 Å². The number of ether oxygens (including phenoxy) is 1. The fourth-order valence-corrected chi connectivity index (χ4v) is 1.97. The Morgan fingerprint density at radius 2 is 1.82 bits per heavy atom. The number of aromatic nitrogens is 1. The molecule has 2 aromatic rings. The average Bonchev–Trinajstić information content (AvgIpc) is 2.48. The van der Waals surface area contributed by atoms with Crippen molar-refractivity contribution in [2.75, 3.05) is 11.9 Å². The van der Waals surface area contributed by atoms with Crippen LogP contribution in [0.3, 0.4) is 0 Å². The van der Waals surface area contributed by atoms with E-state index < -0.39 is 11.7 Å². The number of pyridine rings is 1. The van der Waals surface area contributed by atoms with Crippen LogP contribution in [0.5, 0.6) is 0 Å². The zero-order valence-corrected chi connectivity index (χ0v) is 12.3. The summed E-state index contributed by atoms with van der Waals surface area (Å²) in [5, 5.41) is 2.96. The van der Waals surface area contributed by atoms with Crippen molar-refractivity contribution in [3.05, 3.63) is 53.7 Å². The number of hydrogen-bond acceptors (Lipinski definition) is 3. The van der Waals surface area contributed by atoms with E-state index in [1.54, 1.807) is 0 Å². The Hall–Kier alpha value is -2.08. The highest BCUT2D eigenvalue weighted by atomic mass is 19.4. The monoisotopic (exact) mass is 310 g/mol. The normalized spacial score (nSPS) is 13.0. The van der Waals surface area contributed by atoms with Crippen LogP contribution < -0.4 is 5.32 Å². The van der Waals surface area contributed by atoms with Crippen molar-refractivity contribution in [2.24, 2.45) is 0 Å². The lowest BCUT2D eigenvalue weighted by Crippen LogP contribution is -2.05. The third kappa shape index (κ3) is 4.21. The van der Waals surface area contributed by atoms with E-state index >= 15 is 0 Å². The second-order valence-electron chi connectivity index (χ2n) is 4.77. The third-order valence-electron chi connectivity index (χ3n) is 3.16. The minimum absolute atomic E-state index is 0.00300. The molecule has 1 aromatic heterocycles. The molecule has 1 aromatic carbocycles. The van der Waals surface area contributed by atoms with Crippen LogP contribution in [0.25, 0.3) is 0 Å². The summed E-state index contributed by atoms with van der Waals surface area (Å²) in [6.45, 7) is 4.53. The molecule has 3 nitrogen and oxygen atoms in total. The van der Waals surface area contributed by atoms with E-state index in [0.29, 0.717) is 12.4 Å². The molecule has 0 fully saturated rings. The van der Waals surface area contributed by atoms with Crippen molar-refractivity contribution >= 4 is 11.5 Å². The molecule has 0 radical (unpaired) electrons. The van der Waals surface area contributed by atoms with E-state index in [9.17, 15) is 13.2 Å². The van der Waals surface area contributed by atoms with Gasteiger partial charge in [0.1, 0.15) is 5.82 Å². The Morgan fingerprint density at radius 1 is 1.14 bits per heavy atom. The summed E-state index contributed by atoms with van der Waals surface area (Å²) in [6, 6.07) is 9.80. The van der Waals surface area contributed by atoms with Crippen molar-refractivity contribution < 1.29 is 17.9 Å². The molecule has 0 saturated heterocycles. The lowest BCUT2D eigenvalue weighted by molar-refractivity contribution is -0.137. The molecule has 0 bridgehead atoms. The standard InChI is InChI=1S/C16H17F3N2O/c1-3-22-11(2)12-4-7-14(8-5-12)21-15-9-6-13(10-20-15)16(17,18)19/h4-11H,3H2,1-2H3,(H,20,21). The minimum Gasteiger partial charge on any atom is -0.374 e. The topological polar surface area (TPSA) is 34.1 Å². The Labute approximate surface area is 127 Å². The largest absolute Gasteiger partial charge is 0.417 e. The molecule has 0 amide bonds. The van der Waals surface area contributed by atoms with Gasteiger partial charge in [-0.1, -0.05) is 12.1 Å². The summed E-state index contributed by atoms with van der Waals surface area (Å²) in [4.78, 5) is 3.77. The maximum absolute atomic E-state index is 12.5. The lowest BCUT2D eigenvalue weighted by Gasteiger charge is -2.13. The molecular formula is C16H17F3N2O. The SMILES string of the molecule is CCOC(C)c1ccc(Nc2ccc(C(F)(F)F)cn2)cc1. The Morgan fingerprint density at radius 3 is 2.32 bits per heavy atom. The van der Waals surface area contributed by atoms with Gasteiger partial charge in [-0.05, 0) is 43.7 Å². The molecular weight excluding hydrogens is 293 g/mol. The van der Waals surface area contributed by atoms with Gasteiger partial charge >= 0.3 is 6.18 Å². The van der Waals surface area contributed by atoms with Crippen LogP contribution in [0.2, 0.25) is 0 Å². The number of hydrogen-bond donors (Lipinski definition) is 1. The number of benzene rings is 1. The van der Waals surface area contributed by atoms with E-state index in [1.807, 2.05) is 38.1 Å². The Kier molecular flexibility index (Phi) is 5.03. The number of halogens is 3. The highest BCUT2D eigenvalue weighted by Gasteiger charge is 2.30. The van der Waals surface area contributed by atoms with Crippen LogP contribution in [-0.4, -0.2) is 11.6 Å². The molecule has 1 unspecified atom stereocenters. The smallest absolute Gasteiger partial charge is 0.374 e. The maximum Gasteiger partial charge on any atom is 0.417 e. The van der Waals surface area contributed by atoms with E-state index in [0.717, 1.165) is 23.5 Å². The molecule has 0 saturated carbocycles. The van der Waals surface area contributed by atoms with Gasteiger partial charge in [0, 0.05) is 18.5 Å². The summed E-state index contributed by atoms with van der Waals surface area (Å²) < 4.78 is 42.9. The summed E-state index contributed by atoms with van der Waals surface area (Å²) in [6.07, 6.45) is -3.56. The molecule has 22 heavy (non-hydrogen) atoms. The first-order valence-electron chi connectivity index (χ1n) is 6.92. The minimum atomic E-state index is -4.37. The van der Waals surface area contributed by atoms with Crippen LogP contribution in [0.1, 0.15) is 31.1 Å². The van der Waals surface area contributed by atoms with Gasteiger partial charge in [0.05, 0.1) is 11.7 Å². The maximum atomic E-state index is 12.5. The fraction of sp³-hybridized carbons (Fsp3) is 0.312. The molecule has 6 heteroatoms. The zero-order chi connectivity index (χ0) is 16.2. The number of alkyl halides is 3. The molecule has 0 aliphatic carbocycles. The quantitative estimate of drug-likeness (QED) is 0.849. The molecule has 1 heterocycles. The van der Waals surface area contributed by atoms with E-state index in [2.05, 4.69) is 10.3 Å². The Bertz CT molecular complexity index is 594. The molecule has 0 spiro atoms. The van der Waals surface area contributed by atoms with Crippen molar-refractivity contribution in [2.45, 2.75) is 26.1 Å². The second-order valence-corrected chi connectivity index (χ2v) is 4.77. The molecule has 2 rings (SSSR count). The fourth-order valence-electron chi connectivity index (χ4n) is 1.97. The van der Waals surface area contributed by atoms with Gasteiger partial charge in [0.15, 0.2) is 0 Å². The van der Waals surface area contributed by atoms with Crippen LogP contribution >= 0.6 is 0 Å². The van der Waals surface area contributed by atoms with Crippen molar-refractivity contribution in [3.63, 3.8) is 0 Å². The molecule has 0 aliphatic heterocycles. The lowest BCUT2D eigenvalue weighted by atomic mass is 10.1. The highest BCUT2D eigenvalue weighted by molar-refractivity contribution is 5.56. The van der Waals surface area contributed by atoms with Crippen LogP contribution in [0.4, 0.5) is 24.7 Å². The van der Waals surface area contributed by atoms with E-state index in [1.165, 1.54) is 6.07 Å². The number of nitrogens with one attached hydrogen (secondary N) is 1. The first kappa shape index (κ1) is 16.3. The number of nitrogens with zero attached hydrogens (tertiary/aromatic N) is 1. The van der Waals surface area contributed by atoms with Gasteiger partial charge in [-0.2, -0.15) is 13.2 Å². The van der Waals surface area contributed by atoms with Gasteiger partial charge in [-0.15, -0.1) is 0 Å². The van der Waals surface area contributed by atoms with E-state index in [-0.39, 0.29) is 6.10 Å². The predicted octanol–water partition coefficient (Wildman–Crippen LogP) is 4.94. The predicted molar refractivity (Wildman–Crippen MR) is 79.0 cm³/mol.